The Kier molecular flexibility index (Phi) is 3.55. The second-order valence-corrected chi connectivity index (χ2v) is 4.32. The third-order valence-electron chi connectivity index (χ3n) is 3.02. The van der Waals surface area contributed by atoms with E-state index in [1.807, 2.05) is 18.2 Å². The van der Waals surface area contributed by atoms with Crippen LogP contribution in [0.3, 0.4) is 0 Å². The number of nitrogens with one attached hydrogen (secondary N) is 1. The molecule has 5 heteroatoms. The van der Waals surface area contributed by atoms with Crippen molar-refractivity contribution in [1.82, 2.24) is 5.32 Å². The average Bonchev–Trinajstić information content (AvgIpc) is 2.73. The number of hydrogen-bond acceptors (Lipinski definition) is 3. The molecule has 0 aliphatic carbocycles. The van der Waals surface area contributed by atoms with Crippen LogP contribution >= 0.6 is 0 Å². The topological polar surface area (TPSA) is 79.5 Å². The Balaban J connectivity index is 2.36. The van der Waals surface area contributed by atoms with Crippen LogP contribution < -0.4 is 5.32 Å². The van der Waals surface area contributed by atoms with Gasteiger partial charge in [0.1, 0.15) is 12.1 Å². The van der Waals surface area contributed by atoms with Gasteiger partial charge in [0.15, 0.2) is 5.76 Å². The summed E-state index contributed by atoms with van der Waals surface area (Å²) in [4.78, 5) is 22.3. The van der Waals surface area contributed by atoms with Gasteiger partial charge in [0.05, 0.1) is 0 Å². The molecule has 0 aliphatic heterocycles. The van der Waals surface area contributed by atoms with Gasteiger partial charge in [-0.2, -0.15) is 0 Å². The van der Waals surface area contributed by atoms with Gasteiger partial charge in [-0.15, -0.1) is 0 Å². The first-order valence-electron chi connectivity index (χ1n) is 6.05. The molecule has 0 spiro atoms. The molecule has 0 atom stereocenters. The van der Waals surface area contributed by atoms with Gasteiger partial charge in [-0.25, -0.2) is 0 Å². The van der Waals surface area contributed by atoms with E-state index in [4.69, 9.17) is 9.52 Å². The molecule has 2 aromatic rings. The molecular formula is C14H15NO4. The van der Waals surface area contributed by atoms with Gasteiger partial charge in [-0.1, -0.05) is 13.0 Å². The molecule has 1 amide bonds. The number of carbonyl (C=O) groups is 2. The highest BCUT2D eigenvalue weighted by molar-refractivity contribution is 5.99. The van der Waals surface area contributed by atoms with Crippen molar-refractivity contribution in [3.8, 4) is 0 Å². The number of carbonyl (C=O) groups excluding carboxylic acids is 1. The number of carboxylic acid groups (broad SMARTS) is 1. The maximum Gasteiger partial charge on any atom is 0.322 e. The Labute approximate surface area is 110 Å². The molecule has 0 fully saturated rings. The van der Waals surface area contributed by atoms with Crippen LogP contribution in [0.1, 0.15) is 28.6 Å². The number of fused-ring (bicyclic) bond motifs is 1. The first-order chi connectivity index (χ1) is 9.02. The van der Waals surface area contributed by atoms with Gasteiger partial charge in [-0.3, -0.25) is 9.59 Å². The highest BCUT2D eigenvalue weighted by Crippen LogP contribution is 2.26. The third kappa shape index (κ3) is 2.59. The number of carboxylic acids is 1. The number of amides is 1. The van der Waals surface area contributed by atoms with Crippen LogP contribution in [0.2, 0.25) is 0 Å². The second kappa shape index (κ2) is 5.14. The summed E-state index contributed by atoms with van der Waals surface area (Å²) < 4.78 is 5.49. The number of rotatable bonds is 4. The Bertz CT molecular complexity index is 642. The van der Waals surface area contributed by atoms with Crippen molar-refractivity contribution < 1.29 is 19.1 Å². The van der Waals surface area contributed by atoms with Crippen molar-refractivity contribution in [3.63, 3.8) is 0 Å². The predicted octanol–water partition coefficient (Wildman–Crippen LogP) is 2.12. The van der Waals surface area contributed by atoms with Crippen LogP contribution in [-0.4, -0.2) is 23.5 Å². The summed E-state index contributed by atoms with van der Waals surface area (Å²) >= 11 is 0. The molecular weight excluding hydrogens is 246 g/mol. The van der Waals surface area contributed by atoms with Crippen LogP contribution in [0.15, 0.2) is 22.6 Å². The van der Waals surface area contributed by atoms with Gasteiger partial charge < -0.3 is 14.8 Å². The summed E-state index contributed by atoms with van der Waals surface area (Å²) in [6.45, 7) is 3.42. The Morgan fingerprint density at radius 2 is 2.11 bits per heavy atom. The van der Waals surface area contributed by atoms with Crippen LogP contribution in [0.4, 0.5) is 0 Å². The number of aliphatic carboxylic acids is 1. The minimum atomic E-state index is -1.09. The van der Waals surface area contributed by atoms with Crippen LogP contribution in [0.5, 0.6) is 0 Å². The van der Waals surface area contributed by atoms with Crippen molar-refractivity contribution in [1.29, 1.82) is 0 Å². The Morgan fingerprint density at radius 1 is 1.37 bits per heavy atom. The van der Waals surface area contributed by atoms with Gasteiger partial charge >= 0.3 is 5.97 Å². The molecule has 0 saturated carbocycles. The molecule has 0 bridgehead atoms. The molecule has 1 aromatic carbocycles. The molecule has 19 heavy (non-hydrogen) atoms. The van der Waals surface area contributed by atoms with Crippen molar-refractivity contribution in [2.75, 3.05) is 6.54 Å². The summed E-state index contributed by atoms with van der Waals surface area (Å²) in [5, 5.41) is 11.7. The van der Waals surface area contributed by atoms with E-state index in [9.17, 15) is 9.59 Å². The number of furan rings is 1. The smallest absolute Gasteiger partial charge is 0.322 e. The zero-order valence-electron chi connectivity index (χ0n) is 10.8. The highest BCUT2D eigenvalue weighted by atomic mass is 16.4. The number of benzene rings is 1. The van der Waals surface area contributed by atoms with Crippen LogP contribution in [0, 0.1) is 6.92 Å². The summed E-state index contributed by atoms with van der Waals surface area (Å²) in [7, 11) is 0. The maximum absolute atomic E-state index is 11.8. The van der Waals surface area contributed by atoms with E-state index in [-0.39, 0.29) is 5.76 Å². The molecule has 2 N–H and O–H groups in total. The molecule has 0 aliphatic rings. The van der Waals surface area contributed by atoms with E-state index in [1.165, 1.54) is 0 Å². The first kappa shape index (κ1) is 13.1. The van der Waals surface area contributed by atoms with Gasteiger partial charge in [0.2, 0.25) is 0 Å². The van der Waals surface area contributed by atoms with E-state index < -0.39 is 18.4 Å². The zero-order chi connectivity index (χ0) is 14.0. The van der Waals surface area contributed by atoms with E-state index in [1.54, 1.807) is 6.92 Å². The lowest BCUT2D eigenvalue weighted by Crippen LogP contribution is -2.29. The van der Waals surface area contributed by atoms with Gasteiger partial charge in [0.25, 0.3) is 5.91 Å². The summed E-state index contributed by atoms with van der Waals surface area (Å²) in [6.07, 6.45) is 0.904. The normalized spacial score (nSPS) is 10.6. The largest absolute Gasteiger partial charge is 0.480 e. The first-order valence-corrected chi connectivity index (χ1v) is 6.05. The van der Waals surface area contributed by atoms with E-state index in [0.717, 1.165) is 22.9 Å². The molecule has 5 nitrogen and oxygen atoms in total. The molecule has 2 rings (SSSR count). The summed E-state index contributed by atoms with van der Waals surface area (Å²) in [6, 6.07) is 5.77. The van der Waals surface area contributed by atoms with Crippen LogP contribution in [0.25, 0.3) is 11.0 Å². The fraction of sp³-hybridized carbons (Fsp3) is 0.286. The summed E-state index contributed by atoms with van der Waals surface area (Å²) in [5.74, 6) is -1.42. The van der Waals surface area contributed by atoms with E-state index >= 15 is 0 Å². The predicted molar refractivity (Wildman–Crippen MR) is 70.3 cm³/mol. The number of hydrogen-bond donors (Lipinski definition) is 2. The van der Waals surface area contributed by atoms with Gasteiger partial charge in [-0.05, 0) is 31.0 Å². The molecule has 0 radical (unpaired) electrons. The fourth-order valence-corrected chi connectivity index (χ4v) is 1.94. The SMILES string of the molecule is CCc1ccc2oc(C(=O)NCC(=O)O)c(C)c2c1. The maximum atomic E-state index is 11.8. The highest BCUT2D eigenvalue weighted by Gasteiger charge is 2.18. The van der Waals surface area contributed by atoms with Crippen molar-refractivity contribution in [2.24, 2.45) is 0 Å². The van der Waals surface area contributed by atoms with Crippen molar-refractivity contribution >= 4 is 22.8 Å². The lowest BCUT2D eigenvalue weighted by Gasteiger charge is -1.99. The van der Waals surface area contributed by atoms with Gasteiger partial charge in [0, 0.05) is 10.9 Å². The monoisotopic (exact) mass is 261 g/mol. The van der Waals surface area contributed by atoms with E-state index in [0.29, 0.717) is 5.58 Å². The lowest BCUT2D eigenvalue weighted by molar-refractivity contribution is -0.135. The zero-order valence-corrected chi connectivity index (χ0v) is 10.8. The number of aryl methyl sites for hydroxylation is 2. The Hall–Kier alpha value is -2.30. The third-order valence-corrected chi connectivity index (χ3v) is 3.02. The molecule has 100 valence electrons. The average molecular weight is 261 g/mol. The Morgan fingerprint density at radius 3 is 2.74 bits per heavy atom. The summed E-state index contributed by atoms with van der Waals surface area (Å²) in [5.41, 5.74) is 2.53. The van der Waals surface area contributed by atoms with E-state index in [2.05, 4.69) is 12.2 Å². The van der Waals surface area contributed by atoms with Crippen molar-refractivity contribution in [3.05, 3.63) is 35.1 Å². The lowest BCUT2D eigenvalue weighted by atomic mass is 10.1. The molecule has 1 aromatic heterocycles. The fourth-order valence-electron chi connectivity index (χ4n) is 1.94. The quantitative estimate of drug-likeness (QED) is 0.883. The molecule has 1 heterocycles. The second-order valence-electron chi connectivity index (χ2n) is 4.32. The molecule has 0 unspecified atom stereocenters. The molecule has 0 saturated heterocycles. The van der Waals surface area contributed by atoms with Crippen LogP contribution in [-0.2, 0) is 11.2 Å². The van der Waals surface area contributed by atoms with Crippen molar-refractivity contribution in [2.45, 2.75) is 20.3 Å². The minimum Gasteiger partial charge on any atom is -0.480 e. The standard InChI is InChI=1S/C14H15NO4/c1-3-9-4-5-11-10(6-9)8(2)13(19-11)14(18)15-7-12(16)17/h4-6H,3,7H2,1-2H3,(H,15,18)(H,16,17). The minimum absolute atomic E-state index is 0.171.